The molecule has 8 heteroatoms. The number of hydrogen-bond donors (Lipinski definition) is 1. The molecule has 0 spiro atoms. The average Bonchev–Trinajstić information content (AvgIpc) is 2.87. The van der Waals surface area contributed by atoms with E-state index in [0.717, 1.165) is 11.3 Å². The third kappa shape index (κ3) is 7.16. The highest BCUT2D eigenvalue weighted by Gasteiger charge is 2.44. The first-order valence-electron chi connectivity index (χ1n) is 13.1. The lowest BCUT2D eigenvalue weighted by molar-refractivity contribution is -0.259. The molecule has 2 saturated heterocycles. The van der Waals surface area contributed by atoms with E-state index in [9.17, 15) is 4.79 Å². The van der Waals surface area contributed by atoms with Crippen molar-refractivity contribution in [2.75, 3.05) is 26.6 Å². The molecule has 0 aromatic heterocycles. The van der Waals surface area contributed by atoms with Crippen LogP contribution in [0.3, 0.4) is 0 Å². The van der Waals surface area contributed by atoms with Crippen LogP contribution >= 0.6 is 11.8 Å². The van der Waals surface area contributed by atoms with Crippen LogP contribution in [-0.4, -0.2) is 62.5 Å². The van der Waals surface area contributed by atoms with Crippen molar-refractivity contribution in [2.45, 2.75) is 78.1 Å². The summed E-state index contributed by atoms with van der Waals surface area (Å²) in [5, 5.41) is 3.07. The topological polar surface area (TPSA) is 75.2 Å². The zero-order chi connectivity index (χ0) is 26.4. The second-order valence-electron chi connectivity index (χ2n) is 10.5. The van der Waals surface area contributed by atoms with Gasteiger partial charge in [0.05, 0.1) is 45.2 Å². The SMILES string of the molecule is COc1ccc(COCC2O[C@@H](OCC3O[C@@H](SC)C(C)[C@@H](C)[C@H]3C)C(NC(C)=O)[C@@H](C)[C@@H]2C)cc1. The van der Waals surface area contributed by atoms with Gasteiger partial charge < -0.3 is 29.0 Å². The third-order valence-electron chi connectivity index (χ3n) is 8.30. The lowest BCUT2D eigenvalue weighted by Gasteiger charge is -2.46. The van der Waals surface area contributed by atoms with Crippen molar-refractivity contribution < 1.29 is 28.5 Å². The first kappa shape index (κ1) is 29.2. The minimum absolute atomic E-state index is 0.0188. The van der Waals surface area contributed by atoms with Gasteiger partial charge >= 0.3 is 0 Å². The van der Waals surface area contributed by atoms with E-state index in [4.69, 9.17) is 23.7 Å². The fourth-order valence-electron chi connectivity index (χ4n) is 5.21. The van der Waals surface area contributed by atoms with Crippen LogP contribution in [0, 0.1) is 29.6 Å². The van der Waals surface area contributed by atoms with Gasteiger partial charge in [0.1, 0.15) is 11.2 Å². The Morgan fingerprint density at radius 2 is 1.56 bits per heavy atom. The van der Waals surface area contributed by atoms with Crippen LogP contribution in [-0.2, 0) is 30.3 Å². The highest BCUT2D eigenvalue weighted by atomic mass is 32.2. The van der Waals surface area contributed by atoms with Crippen molar-refractivity contribution >= 4 is 17.7 Å². The van der Waals surface area contributed by atoms with Crippen LogP contribution < -0.4 is 10.1 Å². The molecule has 2 aliphatic rings. The molecule has 1 N–H and O–H groups in total. The number of nitrogens with one attached hydrogen (secondary N) is 1. The number of carbonyl (C=O) groups is 1. The van der Waals surface area contributed by atoms with Gasteiger partial charge in [-0.3, -0.25) is 4.79 Å². The van der Waals surface area contributed by atoms with Crippen molar-refractivity contribution in [1.29, 1.82) is 0 Å². The van der Waals surface area contributed by atoms with E-state index in [2.05, 4.69) is 46.2 Å². The van der Waals surface area contributed by atoms with Crippen LogP contribution in [0.15, 0.2) is 24.3 Å². The maximum Gasteiger partial charge on any atom is 0.217 e. The number of carbonyl (C=O) groups excluding carboxylic acids is 1. The van der Waals surface area contributed by atoms with Crippen LogP contribution in [0.1, 0.15) is 47.1 Å². The van der Waals surface area contributed by atoms with Crippen LogP contribution in [0.2, 0.25) is 0 Å². The summed E-state index contributed by atoms with van der Waals surface area (Å²) in [6, 6.07) is 7.63. The van der Waals surface area contributed by atoms with Crippen LogP contribution in [0.4, 0.5) is 0 Å². The number of methoxy groups -OCH3 is 1. The third-order valence-corrected chi connectivity index (χ3v) is 9.31. The van der Waals surface area contributed by atoms with Crippen molar-refractivity contribution in [3.63, 3.8) is 0 Å². The molecule has 0 bridgehead atoms. The van der Waals surface area contributed by atoms with Gasteiger partial charge in [0, 0.05) is 6.92 Å². The minimum Gasteiger partial charge on any atom is -0.497 e. The summed E-state index contributed by atoms with van der Waals surface area (Å²) in [7, 11) is 1.66. The van der Waals surface area contributed by atoms with Crippen molar-refractivity contribution in [3.05, 3.63) is 29.8 Å². The molecule has 1 aromatic rings. The maximum absolute atomic E-state index is 12.0. The quantitative estimate of drug-likeness (QED) is 0.475. The first-order chi connectivity index (χ1) is 17.2. The van der Waals surface area contributed by atoms with E-state index in [-0.39, 0.29) is 41.4 Å². The highest BCUT2D eigenvalue weighted by Crippen LogP contribution is 2.39. The van der Waals surface area contributed by atoms with E-state index in [1.165, 1.54) is 6.92 Å². The second-order valence-corrected chi connectivity index (χ2v) is 11.5. The zero-order valence-corrected chi connectivity index (χ0v) is 23.9. The lowest BCUT2D eigenvalue weighted by atomic mass is 9.80. The lowest BCUT2D eigenvalue weighted by Crippen LogP contribution is -2.59. The van der Waals surface area contributed by atoms with Crippen LogP contribution in [0.5, 0.6) is 5.75 Å². The van der Waals surface area contributed by atoms with Gasteiger partial charge in [0.25, 0.3) is 0 Å². The fourth-order valence-corrected chi connectivity index (χ4v) is 6.14. The average molecular weight is 524 g/mol. The number of rotatable bonds is 10. The molecule has 10 atom stereocenters. The Morgan fingerprint density at radius 1 is 0.917 bits per heavy atom. The molecule has 1 aromatic carbocycles. The molecule has 2 heterocycles. The minimum atomic E-state index is -0.562. The van der Waals surface area contributed by atoms with Gasteiger partial charge in [-0.2, -0.15) is 0 Å². The molecule has 0 radical (unpaired) electrons. The van der Waals surface area contributed by atoms with E-state index in [0.29, 0.717) is 37.6 Å². The van der Waals surface area contributed by atoms with Gasteiger partial charge in [0.2, 0.25) is 5.91 Å². The highest BCUT2D eigenvalue weighted by molar-refractivity contribution is 7.99. The molecule has 204 valence electrons. The van der Waals surface area contributed by atoms with Gasteiger partial charge in [-0.15, -0.1) is 11.8 Å². The van der Waals surface area contributed by atoms with Crippen molar-refractivity contribution in [3.8, 4) is 5.75 Å². The van der Waals surface area contributed by atoms with Crippen molar-refractivity contribution in [1.82, 2.24) is 5.32 Å². The summed E-state index contributed by atoms with van der Waals surface area (Å²) < 4.78 is 30.5. The molecule has 0 aliphatic carbocycles. The molecule has 2 aliphatic heterocycles. The van der Waals surface area contributed by atoms with E-state index < -0.39 is 6.29 Å². The molecule has 3 rings (SSSR count). The number of thioether (sulfide) groups is 1. The number of hydrogen-bond acceptors (Lipinski definition) is 7. The van der Waals surface area contributed by atoms with Gasteiger partial charge in [-0.05, 0) is 53.5 Å². The molecule has 1 amide bonds. The van der Waals surface area contributed by atoms with Gasteiger partial charge in [-0.1, -0.05) is 46.8 Å². The summed E-state index contributed by atoms with van der Waals surface area (Å²) >= 11 is 1.75. The Labute approximate surface area is 221 Å². The summed E-state index contributed by atoms with van der Waals surface area (Å²) in [4.78, 5) is 12.0. The van der Waals surface area contributed by atoms with E-state index >= 15 is 0 Å². The molecule has 0 saturated carbocycles. The fraction of sp³-hybridized carbons (Fsp3) is 0.750. The predicted octanol–water partition coefficient (Wildman–Crippen LogP) is 4.73. The van der Waals surface area contributed by atoms with Gasteiger partial charge in [0.15, 0.2) is 6.29 Å². The molecule has 7 nitrogen and oxygen atoms in total. The summed E-state index contributed by atoms with van der Waals surface area (Å²) in [5.74, 6) is 2.46. The Hall–Kier alpha value is -1.32. The van der Waals surface area contributed by atoms with Crippen LogP contribution in [0.25, 0.3) is 0 Å². The summed E-state index contributed by atoms with van der Waals surface area (Å²) in [5.41, 5.74) is 1.23. The monoisotopic (exact) mass is 523 g/mol. The predicted molar refractivity (Wildman–Crippen MR) is 143 cm³/mol. The Bertz CT molecular complexity index is 821. The number of ether oxygens (including phenoxy) is 5. The standard InChI is InChI=1S/C28H45NO6S/c1-16-17(2)25(35-28(36-8)20(16)5)15-33-27-26(29-21(6)30)19(4)18(3)24(34-27)14-32-13-22-9-11-23(31-7)12-10-22/h9-12,16-20,24-28H,13-15H2,1-8H3,(H,29,30)/t16-,17+,18-,19-,20?,24?,25?,26?,27+,28-/m0/s1. The largest absolute Gasteiger partial charge is 0.497 e. The summed E-state index contributed by atoms with van der Waals surface area (Å²) in [6.45, 7) is 14.0. The molecular weight excluding hydrogens is 478 g/mol. The molecule has 4 unspecified atom stereocenters. The molecule has 36 heavy (non-hydrogen) atoms. The Morgan fingerprint density at radius 3 is 2.17 bits per heavy atom. The Balaban J connectivity index is 1.63. The second kappa shape index (κ2) is 13.5. The zero-order valence-electron chi connectivity index (χ0n) is 23.1. The first-order valence-corrected chi connectivity index (χ1v) is 14.4. The smallest absolute Gasteiger partial charge is 0.217 e. The number of amides is 1. The maximum atomic E-state index is 12.0. The Kier molecular flexibility index (Phi) is 10.9. The number of benzene rings is 1. The molecule has 2 fully saturated rings. The van der Waals surface area contributed by atoms with E-state index in [1.54, 1.807) is 18.9 Å². The normalized spacial score (nSPS) is 36.9. The van der Waals surface area contributed by atoms with E-state index in [1.807, 2.05) is 24.3 Å². The molecular formula is C28H45NO6S. The van der Waals surface area contributed by atoms with Gasteiger partial charge in [-0.25, -0.2) is 0 Å². The van der Waals surface area contributed by atoms with Crippen molar-refractivity contribution in [2.24, 2.45) is 29.6 Å². The summed E-state index contributed by atoms with van der Waals surface area (Å²) in [6.07, 6.45) is 1.37.